The van der Waals surface area contributed by atoms with Gasteiger partial charge in [-0.3, -0.25) is 5.32 Å². The monoisotopic (exact) mass is 227 g/mol. The number of aryl methyl sites for hydroxylation is 2. The topological polar surface area (TPSA) is 45.2 Å². The molecule has 0 radical (unpaired) electrons. The second kappa shape index (κ2) is 5.11. The van der Waals surface area contributed by atoms with Gasteiger partial charge < -0.3 is 4.90 Å². The molecule has 0 bridgehead atoms. The van der Waals surface area contributed by atoms with Gasteiger partial charge in [0.1, 0.15) is 0 Å². The summed E-state index contributed by atoms with van der Waals surface area (Å²) >= 11 is 1.53. The van der Waals surface area contributed by atoms with Crippen molar-refractivity contribution in [3.05, 3.63) is 10.6 Å². The molecule has 2 amide bonds. The van der Waals surface area contributed by atoms with Crippen LogP contribution in [0.4, 0.5) is 9.93 Å². The molecule has 0 saturated heterocycles. The van der Waals surface area contributed by atoms with Crippen LogP contribution in [0.2, 0.25) is 0 Å². The Labute approximate surface area is 94.3 Å². The van der Waals surface area contributed by atoms with Gasteiger partial charge in [0.25, 0.3) is 0 Å². The smallest absolute Gasteiger partial charge is 0.323 e. The third-order valence-corrected chi connectivity index (χ3v) is 3.19. The number of thiazole rings is 1. The number of hydrogen-bond acceptors (Lipinski definition) is 3. The molecule has 0 spiro atoms. The zero-order valence-corrected chi connectivity index (χ0v) is 10.4. The van der Waals surface area contributed by atoms with Crippen LogP contribution in [0.25, 0.3) is 0 Å². The number of nitrogens with zero attached hydrogens (tertiary/aromatic N) is 2. The van der Waals surface area contributed by atoms with E-state index in [2.05, 4.69) is 17.2 Å². The maximum Gasteiger partial charge on any atom is 0.323 e. The first kappa shape index (κ1) is 12.0. The SMILES string of the molecule is CCc1nc(NC(=O)N(C)CC)sc1C. The molecule has 0 unspecified atom stereocenters. The minimum Gasteiger partial charge on any atom is -0.328 e. The number of amides is 2. The van der Waals surface area contributed by atoms with Crippen LogP contribution in [-0.4, -0.2) is 29.5 Å². The number of rotatable bonds is 3. The van der Waals surface area contributed by atoms with Gasteiger partial charge in [-0.2, -0.15) is 0 Å². The molecule has 0 fully saturated rings. The zero-order valence-electron chi connectivity index (χ0n) is 9.63. The van der Waals surface area contributed by atoms with Gasteiger partial charge in [0.15, 0.2) is 5.13 Å². The van der Waals surface area contributed by atoms with Crippen molar-refractivity contribution in [3.8, 4) is 0 Å². The molecule has 0 aliphatic heterocycles. The van der Waals surface area contributed by atoms with Crippen molar-refractivity contribution < 1.29 is 4.79 Å². The molecule has 0 atom stereocenters. The average Bonchev–Trinajstić information content (AvgIpc) is 2.57. The Morgan fingerprint density at radius 1 is 1.53 bits per heavy atom. The normalized spacial score (nSPS) is 10.1. The van der Waals surface area contributed by atoms with E-state index in [1.165, 1.54) is 16.2 Å². The van der Waals surface area contributed by atoms with Crippen molar-refractivity contribution in [1.29, 1.82) is 0 Å². The van der Waals surface area contributed by atoms with E-state index < -0.39 is 0 Å². The fourth-order valence-corrected chi connectivity index (χ4v) is 2.03. The summed E-state index contributed by atoms with van der Waals surface area (Å²) in [7, 11) is 1.76. The molecule has 84 valence electrons. The average molecular weight is 227 g/mol. The summed E-state index contributed by atoms with van der Waals surface area (Å²) in [5, 5.41) is 3.47. The highest BCUT2D eigenvalue weighted by Crippen LogP contribution is 2.22. The van der Waals surface area contributed by atoms with E-state index in [9.17, 15) is 4.79 Å². The molecule has 1 aromatic heterocycles. The largest absolute Gasteiger partial charge is 0.328 e. The van der Waals surface area contributed by atoms with Gasteiger partial charge in [-0.15, -0.1) is 11.3 Å². The number of anilines is 1. The molecule has 5 heteroatoms. The third kappa shape index (κ3) is 2.92. The van der Waals surface area contributed by atoms with Gasteiger partial charge in [0.2, 0.25) is 0 Å². The second-order valence-electron chi connectivity index (χ2n) is 3.32. The van der Waals surface area contributed by atoms with Crippen LogP contribution in [0.15, 0.2) is 0 Å². The van der Waals surface area contributed by atoms with Crippen LogP contribution in [0.5, 0.6) is 0 Å². The lowest BCUT2D eigenvalue weighted by atomic mass is 10.3. The van der Waals surface area contributed by atoms with Crippen LogP contribution in [0.1, 0.15) is 24.4 Å². The van der Waals surface area contributed by atoms with Crippen LogP contribution < -0.4 is 5.32 Å². The van der Waals surface area contributed by atoms with Crippen LogP contribution in [-0.2, 0) is 6.42 Å². The Morgan fingerprint density at radius 2 is 2.20 bits per heavy atom. The quantitative estimate of drug-likeness (QED) is 0.862. The van der Waals surface area contributed by atoms with E-state index in [0.29, 0.717) is 11.7 Å². The molecule has 0 aliphatic carbocycles. The van der Waals surface area contributed by atoms with Crippen molar-refractivity contribution in [1.82, 2.24) is 9.88 Å². The number of carbonyl (C=O) groups is 1. The first-order valence-corrected chi connectivity index (χ1v) is 5.88. The first-order valence-electron chi connectivity index (χ1n) is 5.06. The molecule has 15 heavy (non-hydrogen) atoms. The lowest BCUT2D eigenvalue weighted by molar-refractivity contribution is 0.224. The van der Waals surface area contributed by atoms with Crippen molar-refractivity contribution >= 4 is 22.5 Å². The van der Waals surface area contributed by atoms with E-state index >= 15 is 0 Å². The fraction of sp³-hybridized carbons (Fsp3) is 0.600. The van der Waals surface area contributed by atoms with E-state index in [1.54, 1.807) is 11.9 Å². The number of carbonyl (C=O) groups excluding carboxylic acids is 1. The predicted octanol–water partition coefficient (Wildman–Crippen LogP) is 2.50. The maximum atomic E-state index is 11.5. The number of hydrogen-bond donors (Lipinski definition) is 1. The molecular formula is C10H17N3OS. The van der Waals surface area contributed by atoms with Crippen molar-refractivity contribution in [2.45, 2.75) is 27.2 Å². The summed E-state index contributed by atoms with van der Waals surface area (Å²) in [6, 6.07) is -0.103. The summed E-state index contributed by atoms with van der Waals surface area (Å²) in [5.41, 5.74) is 1.06. The van der Waals surface area contributed by atoms with Gasteiger partial charge >= 0.3 is 6.03 Å². The van der Waals surface area contributed by atoms with Gasteiger partial charge in [0, 0.05) is 18.5 Å². The summed E-state index contributed by atoms with van der Waals surface area (Å²) in [4.78, 5) is 18.7. The van der Waals surface area contributed by atoms with Gasteiger partial charge in [-0.1, -0.05) is 6.92 Å². The molecular weight excluding hydrogens is 210 g/mol. The molecule has 1 aromatic rings. The molecule has 1 heterocycles. The molecule has 0 aliphatic rings. The van der Waals surface area contributed by atoms with Crippen LogP contribution >= 0.6 is 11.3 Å². The Morgan fingerprint density at radius 3 is 2.67 bits per heavy atom. The fourth-order valence-electron chi connectivity index (χ4n) is 1.14. The summed E-state index contributed by atoms with van der Waals surface area (Å²) in [5.74, 6) is 0. The van der Waals surface area contributed by atoms with E-state index in [-0.39, 0.29) is 6.03 Å². The summed E-state index contributed by atoms with van der Waals surface area (Å²) in [6.45, 7) is 6.71. The molecule has 0 aromatic carbocycles. The Kier molecular flexibility index (Phi) is 4.08. The zero-order chi connectivity index (χ0) is 11.4. The molecule has 1 N–H and O–H groups in total. The van der Waals surface area contributed by atoms with Crippen LogP contribution in [0, 0.1) is 6.92 Å². The standard InChI is InChI=1S/C10H17N3OS/c1-5-8-7(3)15-9(11-8)12-10(14)13(4)6-2/h5-6H2,1-4H3,(H,11,12,14). The Hall–Kier alpha value is -1.10. The van der Waals surface area contributed by atoms with Crippen molar-refractivity contribution in [2.24, 2.45) is 0 Å². The lowest BCUT2D eigenvalue weighted by Crippen LogP contribution is -2.30. The Balaban J connectivity index is 2.68. The highest BCUT2D eigenvalue weighted by molar-refractivity contribution is 7.15. The minimum absolute atomic E-state index is 0.103. The van der Waals surface area contributed by atoms with Gasteiger partial charge in [-0.05, 0) is 20.3 Å². The highest BCUT2D eigenvalue weighted by Gasteiger charge is 2.11. The van der Waals surface area contributed by atoms with Gasteiger partial charge in [0.05, 0.1) is 5.69 Å². The van der Waals surface area contributed by atoms with Gasteiger partial charge in [-0.25, -0.2) is 9.78 Å². The second-order valence-corrected chi connectivity index (χ2v) is 4.52. The first-order chi connectivity index (χ1) is 7.08. The maximum absolute atomic E-state index is 11.5. The number of nitrogens with one attached hydrogen (secondary N) is 1. The van der Waals surface area contributed by atoms with E-state index in [1.807, 2.05) is 13.8 Å². The predicted molar refractivity (Wildman–Crippen MR) is 63.6 cm³/mol. The number of urea groups is 1. The summed E-state index contributed by atoms with van der Waals surface area (Å²) < 4.78 is 0. The number of aromatic nitrogens is 1. The van der Waals surface area contributed by atoms with E-state index in [4.69, 9.17) is 0 Å². The van der Waals surface area contributed by atoms with Crippen molar-refractivity contribution in [2.75, 3.05) is 18.9 Å². The molecule has 0 saturated carbocycles. The van der Waals surface area contributed by atoms with E-state index in [0.717, 1.165) is 12.1 Å². The summed E-state index contributed by atoms with van der Waals surface area (Å²) in [6.07, 6.45) is 0.905. The Bertz CT molecular complexity index is 348. The lowest BCUT2D eigenvalue weighted by Gasteiger charge is -2.13. The third-order valence-electron chi connectivity index (χ3n) is 2.26. The van der Waals surface area contributed by atoms with Crippen molar-refractivity contribution in [3.63, 3.8) is 0 Å². The minimum atomic E-state index is -0.103. The van der Waals surface area contributed by atoms with Crippen LogP contribution in [0.3, 0.4) is 0 Å². The molecule has 1 rings (SSSR count). The highest BCUT2D eigenvalue weighted by atomic mass is 32.1. The molecule has 4 nitrogen and oxygen atoms in total.